The highest BCUT2D eigenvalue weighted by molar-refractivity contribution is 7.89. The van der Waals surface area contributed by atoms with Crippen molar-refractivity contribution >= 4 is 15.9 Å². The molecule has 1 amide bonds. The molecule has 0 fully saturated rings. The van der Waals surface area contributed by atoms with Crippen molar-refractivity contribution in [2.24, 2.45) is 0 Å². The van der Waals surface area contributed by atoms with Crippen LogP contribution in [0.3, 0.4) is 0 Å². The third-order valence-electron chi connectivity index (χ3n) is 3.03. The highest BCUT2D eigenvalue weighted by Crippen LogP contribution is 2.15. The fourth-order valence-corrected chi connectivity index (χ4v) is 2.81. The standard InChI is InChI=1S/C15H18N2O5S/c1-16-15(18)11-22-13-4-6-14(7-5-13)23(19,20)17-9-8-12-3-2-10-21-12/h2-7,10,17H,8-9,11H2,1H3,(H,16,18). The Labute approximate surface area is 134 Å². The average molecular weight is 338 g/mol. The number of ether oxygens (including phenoxy) is 1. The zero-order valence-corrected chi connectivity index (χ0v) is 13.4. The normalized spacial score (nSPS) is 11.2. The lowest BCUT2D eigenvalue weighted by molar-refractivity contribution is -0.122. The molecule has 2 rings (SSSR count). The Morgan fingerprint density at radius 1 is 1.22 bits per heavy atom. The number of carbonyl (C=O) groups is 1. The summed E-state index contributed by atoms with van der Waals surface area (Å²) in [5, 5.41) is 2.43. The lowest BCUT2D eigenvalue weighted by Gasteiger charge is -2.08. The number of furan rings is 1. The van der Waals surface area contributed by atoms with E-state index >= 15 is 0 Å². The van der Waals surface area contributed by atoms with E-state index in [0.717, 1.165) is 0 Å². The van der Waals surface area contributed by atoms with Gasteiger partial charge < -0.3 is 14.5 Å². The first-order chi connectivity index (χ1) is 11.0. The van der Waals surface area contributed by atoms with E-state index < -0.39 is 10.0 Å². The van der Waals surface area contributed by atoms with Gasteiger partial charge in [-0.1, -0.05) is 0 Å². The van der Waals surface area contributed by atoms with Crippen LogP contribution in [0.5, 0.6) is 5.75 Å². The van der Waals surface area contributed by atoms with Gasteiger partial charge >= 0.3 is 0 Å². The summed E-state index contributed by atoms with van der Waals surface area (Å²) in [6.07, 6.45) is 2.01. The number of carbonyl (C=O) groups excluding carboxylic acids is 1. The Hall–Kier alpha value is -2.32. The molecule has 0 spiro atoms. The molecule has 0 aliphatic carbocycles. The summed E-state index contributed by atoms with van der Waals surface area (Å²) < 4.78 is 37.1. The number of amides is 1. The Morgan fingerprint density at radius 2 is 1.96 bits per heavy atom. The van der Waals surface area contributed by atoms with Crippen LogP contribution in [-0.4, -0.2) is 34.5 Å². The van der Waals surface area contributed by atoms with E-state index in [2.05, 4.69) is 10.0 Å². The molecule has 23 heavy (non-hydrogen) atoms. The smallest absolute Gasteiger partial charge is 0.257 e. The first-order valence-electron chi connectivity index (χ1n) is 6.97. The number of rotatable bonds is 8. The topological polar surface area (TPSA) is 97.6 Å². The van der Waals surface area contributed by atoms with Crippen molar-refractivity contribution in [2.75, 3.05) is 20.2 Å². The van der Waals surface area contributed by atoms with Gasteiger partial charge in [0, 0.05) is 20.0 Å². The van der Waals surface area contributed by atoms with Gasteiger partial charge in [-0.15, -0.1) is 0 Å². The summed E-state index contributed by atoms with van der Waals surface area (Å²) in [5.41, 5.74) is 0. The number of hydrogen-bond acceptors (Lipinski definition) is 5. The molecule has 0 saturated carbocycles. The summed E-state index contributed by atoms with van der Waals surface area (Å²) in [5.74, 6) is 0.870. The molecule has 2 N–H and O–H groups in total. The molecule has 2 aromatic rings. The van der Waals surface area contributed by atoms with Crippen LogP contribution in [0.2, 0.25) is 0 Å². The molecule has 0 unspecified atom stereocenters. The van der Waals surface area contributed by atoms with Crippen LogP contribution in [0.4, 0.5) is 0 Å². The molecule has 0 radical (unpaired) electrons. The summed E-state index contributed by atoms with van der Waals surface area (Å²) in [4.78, 5) is 11.2. The van der Waals surface area contributed by atoms with Crippen molar-refractivity contribution in [2.45, 2.75) is 11.3 Å². The second-order valence-corrected chi connectivity index (χ2v) is 6.43. The van der Waals surface area contributed by atoms with Gasteiger partial charge in [-0.25, -0.2) is 13.1 Å². The highest BCUT2D eigenvalue weighted by Gasteiger charge is 2.13. The van der Waals surface area contributed by atoms with Crippen LogP contribution in [0.15, 0.2) is 52.0 Å². The Kier molecular flexibility index (Phi) is 5.78. The molecule has 1 aromatic heterocycles. The van der Waals surface area contributed by atoms with E-state index in [1.165, 1.54) is 31.3 Å². The molecule has 0 aliphatic heterocycles. The number of benzene rings is 1. The largest absolute Gasteiger partial charge is 0.484 e. The van der Waals surface area contributed by atoms with Crippen LogP contribution < -0.4 is 14.8 Å². The van der Waals surface area contributed by atoms with Gasteiger partial charge in [0.2, 0.25) is 10.0 Å². The molecule has 124 valence electrons. The summed E-state index contributed by atoms with van der Waals surface area (Å²) in [7, 11) is -2.08. The maximum absolute atomic E-state index is 12.1. The van der Waals surface area contributed by atoms with Crippen LogP contribution in [0, 0.1) is 0 Å². The quantitative estimate of drug-likeness (QED) is 0.746. The molecule has 0 aliphatic rings. The van der Waals surface area contributed by atoms with Crippen molar-refractivity contribution in [3.63, 3.8) is 0 Å². The fraction of sp³-hybridized carbons (Fsp3) is 0.267. The molecular formula is C15H18N2O5S. The van der Waals surface area contributed by atoms with Crippen LogP contribution in [0.25, 0.3) is 0 Å². The summed E-state index contributed by atoms with van der Waals surface area (Å²) >= 11 is 0. The van der Waals surface area contributed by atoms with E-state index in [1.54, 1.807) is 18.4 Å². The lowest BCUT2D eigenvalue weighted by atomic mass is 10.3. The van der Waals surface area contributed by atoms with Crippen molar-refractivity contribution in [1.29, 1.82) is 0 Å². The predicted octanol–water partition coefficient (Wildman–Crippen LogP) is 0.925. The van der Waals surface area contributed by atoms with Crippen LogP contribution >= 0.6 is 0 Å². The second kappa shape index (κ2) is 7.80. The van der Waals surface area contributed by atoms with Gasteiger partial charge in [0.1, 0.15) is 11.5 Å². The minimum Gasteiger partial charge on any atom is -0.484 e. The molecule has 1 heterocycles. The third kappa shape index (κ3) is 5.11. The zero-order valence-electron chi connectivity index (χ0n) is 12.6. The predicted molar refractivity (Wildman–Crippen MR) is 83.6 cm³/mol. The lowest BCUT2D eigenvalue weighted by Crippen LogP contribution is -2.26. The highest BCUT2D eigenvalue weighted by atomic mass is 32.2. The molecule has 0 saturated heterocycles. The molecule has 0 bridgehead atoms. The van der Waals surface area contributed by atoms with E-state index in [0.29, 0.717) is 17.9 Å². The maximum atomic E-state index is 12.1. The van der Waals surface area contributed by atoms with Crippen molar-refractivity contribution in [3.8, 4) is 5.75 Å². The number of sulfonamides is 1. The average Bonchev–Trinajstić information content (AvgIpc) is 3.06. The van der Waals surface area contributed by atoms with Crippen molar-refractivity contribution in [1.82, 2.24) is 10.0 Å². The fourth-order valence-electron chi connectivity index (χ4n) is 1.78. The van der Waals surface area contributed by atoms with Gasteiger partial charge in [-0.3, -0.25) is 4.79 Å². The Bertz CT molecular complexity index is 724. The molecule has 1 aromatic carbocycles. The molecule has 8 heteroatoms. The third-order valence-corrected chi connectivity index (χ3v) is 4.50. The summed E-state index contributed by atoms with van der Waals surface area (Å²) in [6, 6.07) is 9.39. The number of likely N-dealkylation sites (N-methyl/N-ethyl adjacent to an activating group) is 1. The summed E-state index contributed by atoms with van der Waals surface area (Å²) in [6.45, 7) is 0.120. The van der Waals surface area contributed by atoms with Crippen molar-refractivity contribution in [3.05, 3.63) is 48.4 Å². The van der Waals surface area contributed by atoms with Gasteiger partial charge in [0.15, 0.2) is 6.61 Å². The number of nitrogens with one attached hydrogen (secondary N) is 2. The number of hydrogen-bond donors (Lipinski definition) is 2. The zero-order chi connectivity index (χ0) is 16.7. The first kappa shape index (κ1) is 17.0. The molecule has 7 nitrogen and oxygen atoms in total. The Morgan fingerprint density at radius 3 is 2.57 bits per heavy atom. The van der Waals surface area contributed by atoms with Crippen LogP contribution in [0.1, 0.15) is 5.76 Å². The minimum absolute atomic E-state index is 0.121. The van der Waals surface area contributed by atoms with E-state index in [4.69, 9.17) is 9.15 Å². The van der Waals surface area contributed by atoms with Crippen LogP contribution in [-0.2, 0) is 21.2 Å². The minimum atomic E-state index is -3.59. The van der Waals surface area contributed by atoms with Crippen molar-refractivity contribution < 1.29 is 22.4 Å². The maximum Gasteiger partial charge on any atom is 0.257 e. The van der Waals surface area contributed by atoms with Gasteiger partial charge in [-0.2, -0.15) is 0 Å². The van der Waals surface area contributed by atoms with E-state index in [-0.39, 0.29) is 24.0 Å². The van der Waals surface area contributed by atoms with E-state index in [1.807, 2.05) is 0 Å². The first-order valence-corrected chi connectivity index (χ1v) is 8.45. The molecular weight excluding hydrogens is 320 g/mol. The van der Waals surface area contributed by atoms with E-state index in [9.17, 15) is 13.2 Å². The van der Waals surface area contributed by atoms with Gasteiger partial charge in [-0.05, 0) is 36.4 Å². The van der Waals surface area contributed by atoms with Gasteiger partial charge in [0.25, 0.3) is 5.91 Å². The van der Waals surface area contributed by atoms with Gasteiger partial charge in [0.05, 0.1) is 11.2 Å². The second-order valence-electron chi connectivity index (χ2n) is 4.66. The monoisotopic (exact) mass is 338 g/mol. The SMILES string of the molecule is CNC(=O)COc1ccc(S(=O)(=O)NCCc2ccco2)cc1. The molecule has 0 atom stereocenters. The Balaban J connectivity index is 1.90.